The van der Waals surface area contributed by atoms with E-state index in [2.05, 4.69) is 0 Å². The first-order valence-corrected chi connectivity index (χ1v) is 5.28. The van der Waals surface area contributed by atoms with Crippen LogP contribution in [0.2, 0.25) is 0 Å². The van der Waals surface area contributed by atoms with Crippen LogP contribution in [0.1, 0.15) is 18.6 Å². The molecule has 0 saturated carbocycles. The maximum Gasteiger partial charge on any atom is 0.246 e. The standard InChI is InChI=1S/C12H13NO3/c14-10-5-7-13(8-6-10)12(15)4-3-11-2-1-9-16-11/h1-4,9H,5-8H2/b4-3+. The minimum absolute atomic E-state index is 0.0658. The van der Waals surface area contributed by atoms with Crippen LogP contribution in [0.15, 0.2) is 28.9 Å². The Bertz CT molecular complexity index is 396. The Kier molecular flexibility index (Phi) is 3.19. The smallest absolute Gasteiger partial charge is 0.246 e. The fraction of sp³-hybridized carbons (Fsp3) is 0.333. The first-order chi connectivity index (χ1) is 7.75. The average molecular weight is 219 g/mol. The fourth-order valence-corrected chi connectivity index (χ4v) is 1.62. The molecule has 0 aliphatic carbocycles. The molecule has 84 valence electrons. The van der Waals surface area contributed by atoms with Crippen molar-refractivity contribution >= 4 is 17.8 Å². The Morgan fingerprint density at radius 3 is 2.75 bits per heavy atom. The second kappa shape index (κ2) is 4.79. The predicted molar refractivity (Wildman–Crippen MR) is 58.6 cm³/mol. The molecule has 2 heterocycles. The van der Waals surface area contributed by atoms with E-state index in [1.165, 1.54) is 6.08 Å². The highest BCUT2D eigenvalue weighted by atomic mass is 16.3. The number of hydrogen-bond donors (Lipinski definition) is 0. The van der Waals surface area contributed by atoms with Crippen molar-refractivity contribution in [3.8, 4) is 0 Å². The number of carbonyl (C=O) groups excluding carboxylic acids is 2. The van der Waals surface area contributed by atoms with Gasteiger partial charge in [-0.2, -0.15) is 0 Å². The van der Waals surface area contributed by atoms with Gasteiger partial charge in [-0.25, -0.2) is 0 Å². The van der Waals surface area contributed by atoms with Crippen LogP contribution in [0, 0.1) is 0 Å². The highest BCUT2D eigenvalue weighted by Crippen LogP contribution is 2.08. The molecule has 0 N–H and O–H groups in total. The molecule has 2 rings (SSSR count). The second-order valence-electron chi connectivity index (χ2n) is 3.71. The van der Waals surface area contributed by atoms with Crippen LogP contribution in [0.5, 0.6) is 0 Å². The molecule has 4 heteroatoms. The summed E-state index contributed by atoms with van der Waals surface area (Å²) in [5, 5.41) is 0. The van der Waals surface area contributed by atoms with Gasteiger partial charge >= 0.3 is 0 Å². The average Bonchev–Trinajstić information content (AvgIpc) is 2.80. The third-order valence-corrected chi connectivity index (χ3v) is 2.57. The summed E-state index contributed by atoms with van der Waals surface area (Å²) in [5.41, 5.74) is 0. The zero-order valence-electron chi connectivity index (χ0n) is 8.89. The molecular formula is C12H13NO3. The summed E-state index contributed by atoms with van der Waals surface area (Å²) < 4.78 is 5.08. The Balaban J connectivity index is 1.91. The highest BCUT2D eigenvalue weighted by Gasteiger charge is 2.18. The summed E-state index contributed by atoms with van der Waals surface area (Å²) in [7, 11) is 0. The molecule has 4 nitrogen and oxygen atoms in total. The van der Waals surface area contributed by atoms with Gasteiger partial charge in [-0.1, -0.05) is 0 Å². The zero-order chi connectivity index (χ0) is 11.4. The molecule has 1 saturated heterocycles. The van der Waals surface area contributed by atoms with E-state index in [0.29, 0.717) is 31.7 Å². The third-order valence-electron chi connectivity index (χ3n) is 2.57. The van der Waals surface area contributed by atoms with Crippen molar-refractivity contribution in [1.82, 2.24) is 4.90 Å². The van der Waals surface area contributed by atoms with Crippen molar-refractivity contribution in [2.75, 3.05) is 13.1 Å². The predicted octanol–water partition coefficient (Wildman–Crippen LogP) is 1.48. The molecule has 0 unspecified atom stereocenters. The number of ketones is 1. The van der Waals surface area contributed by atoms with E-state index in [0.717, 1.165) is 0 Å². The van der Waals surface area contributed by atoms with Crippen LogP contribution in [0.25, 0.3) is 6.08 Å². The van der Waals surface area contributed by atoms with Crippen molar-refractivity contribution in [2.45, 2.75) is 12.8 Å². The molecule has 16 heavy (non-hydrogen) atoms. The quantitative estimate of drug-likeness (QED) is 0.708. The maximum absolute atomic E-state index is 11.7. The van der Waals surface area contributed by atoms with E-state index < -0.39 is 0 Å². The number of likely N-dealkylation sites (tertiary alicyclic amines) is 1. The van der Waals surface area contributed by atoms with Crippen LogP contribution < -0.4 is 0 Å². The van der Waals surface area contributed by atoms with Gasteiger partial charge in [0.25, 0.3) is 0 Å². The zero-order valence-corrected chi connectivity index (χ0v) is 8.89. The summed E-state index contributed by atoms with van der Waals surface area (Å²) in [6.45, 7) is 1.06. The molecule has 0 radical (unpaired) electrons. The van der Waals surface area contributed by atoms with Crippen LogP contribution in [-0.4, -0.2) is 29.7 Å². The molecule has 0 atom stereocenters. The van der Waals surface area contributed by atoms with E-state index in [1.807, 2.05) is 0 Å². The van der Waals surface area contributed by atoms with Crippen LogP contribution >= 0.6 is 0 Å². The Labute approximate surface area is 93.5 Å². The molecule has 1 aliphatic rings. The molecular weight excluding hydrogens is 206 g/mol. The first kappa shape index (κ1) is 10.7. The van der Waals surface area contributed by atoms with Gasteiger partial charge in [0.2, 0.25) is 5.91 Å². The van der Waals surface area contributed by atoms with E-state index in [9.17, 15) is 9.59 Å². The number of piperidine rings is 1. The first-order valence-electron chi connectivity index (χ1n) is 5.28. The van der Waals surface area contributed by atoms with Crippen LogP contribution in [0.3, 0.4) is 0 Å². The van der Waals surface area contributed by atoms with Gasteiger partial charge in [0.1, 0.15) is 11.5 Å². The lowest BCUT2D eigenvalue weighted by Gasteiger charge is -2.24. The van der Waals surface area contributed by atoms with Gasteiger partial charge in [-0.3, -0.25) is 9.59 Å². The summed E-state index contributed by atoms with van der Waals surface area (Å²) in [4.78, 5) is 24.4. The van der Waals surface area contributed by atoms with Crippen molar-refractivity contribution in [3.05, 3.63) is 30.2 Å². The van der Waals surface area contributed by atoms with Crippen molar-refractivity contribution in [3.63, 3.8) is 0 Å². The molecule has 1 fully saturated rings. The lowest BCUT2D eigenvalue weighted by atomic mass is 10.1. The monoisotopic (exact) mass is 219 g/mol. The van der Waals surface area contributed by atoms with Crippen molar-refractivity contribution < 1.29 is 14.0 Å². The topological polar surface area (TPSA) is 50.5 Å². The second-order valence-corrected chi connectivity index (χ2v) is 3.71. The third kappa shape index (κ3) is 2.59. The van der Waals surface area contributed by atoms with Gasteiger partial charge in [0, 0.05) is 32.0 Å². The number of hydrogen-bond acceptors (Lipinski definition) is 3. The molecule has 1 aromatic heterocycles. The lowest BCUT2D eigenvalue weighted by molar-refractivity contribution is -0.130. The van der Waals surface area contributed by atoms with Gasteiger partial charge in [-0.15, -0.1) is 0 Å². The van der Waals surface area contributed by atoms with E-state index >= 15 is 0 Å². The van der Waals surface area contributed by atoms with Crippen LogP contribution in [-0.2, 0) is 9.59 Å². The molecule has 1 aliphatic heterocycles. The van der Waals surface area contributed by atoms with Crippen LogP contribution in [0.4, 0.5) is 0 Å². The molecule has 0 aromatic carbocycles. The minimum Gasteiger partial charge on any atom is -0.465 e. The van der Waals surface area contributed by atoms with E-state index in [-0.39, 0.29) is 11.7 Å². The summed E-state index contributed by atoms with van der Waals surface area (Å²) in [5.74, 6) is 0.824. The van der Waals surface area contributed by atoms with Crippen molar-refractivity contribution in [1.29, 1.82) is 0 Å². The molecule has 0 spiro atoms. The van der Waals surface area contributed by atoms with Crippen molar-refractivity contribution in [2.24, 2.45) is 0 Å². The number of amides is 1. The molecule has 1 amide bonds. The minimum atomic E-state index is -0.0658. The van der Waals surface area contributed by atoms with E-state index in [4.69, 9.17) is 4.42 Å². The fourth-order valence-electron chi connectivity index (χ4n) is 1.62. The number of carbonyl (C=O) groups is 2. The van der Waals surface area contributed by atoms with Gasteiger partial charge in [0.05, 0.1) is 6.26 Å². The number of Topliss-reactive ketones (excluding diaryl/α,β-unsaturated/α-hetero) is 1. The van der Waals surface area contributed by atoms with Gasteiger partial charge in [0.15, 0.2) is 0 Å². The lowest BCUT2D eigenvalue weighted by Crippen LogP contribution is -2.37. The number of nitrogens with zero attached hydrogens (tertiary/aromatic N) is 1. The summed E-state index contributed by atoms with van der Waals surface area (Å²) in [6, 6.07) is 3.55. The normalized spacial score (nSPS) is 17.0. The molecule has 0 bridgehead atoms. The SMILES string of the molecule is O=C1CCN(C(=O)/C=C/c2ccco2)CC1. The number of rotatable bonds is 2. The maximum atomic E-state index is 11.7. The highest BCUT2D eigenvalue weighted by molar-refractivity contribution is 5.92. The Hall–Kier alpha value is -1.84. The Morgan fingerprint density at radius 2 is 2.12 bits per heavy atom. The van der Waals surface area contributed by atoms with E-state index in [1.54, 1.807) is 29.4 Å². The largest absolute Gasteiger partial charge is 0.465 e. The van der Waals surface area contributed by atoms with Gasteiger partial charge < -0.3 is 9.32 Å². The summed E-state index contributed by atoms with van der Waals surface area (Å²) in [6.07, 6.45) is 5.62. The number of furan rings is 1. The van der Waals surface area contributed by atoms with Gasteiger partial charge in [-0.05, 0) is 18.2 Å². The Morgan fingerprint density at radius 1 is 1.38 bits per heavy atom. The molecule has 1 aromatic rings. The summed E-state index contributed by atoms with van der Waals surface area (Å²) >= 11 is 0.